The third-order valence-electron chi connectivity index (χ3n) is 5.46. The van der Waals surface area contributed by atoms with Crippen LogP contribution in [0.1, 0.15) is 13.3 Å². The van der Waals surface area contributed by atoms with Crippen molar-refractivity contribution >= 4 is 16.0 Å². The van der Waals surface area contributed by atoms with E-state index >= 15 is 0 Å². The van der Waals surface area contributed by atoms with Crippen LogP contribution in [-0.2, 0) is 17.1 Å². The van der Waals surface area contributed by atoms with E-state index in [1.54, 1.807) is 37.6 Å². The number of sulfonamides is 1. The zero-order valence-corrected chi connectivity index (χ0v) is 23.2. The molecule has 2 heterocycles. The maximum absolute atomic E-state index is 12.6. The molecule has 10 nitrogen and oxygen atoms in total. The van der Waals surface area contributed by atoms with Gasteiger partial charge in [-0.1, -0.05) is 38.3 Å². The first-order valence-corrected chi connectivity index (χ1v) is 13.8. The monoisotopic (exact) mass is 550 g/mol. The Hall–Kier alpha value is -4.22. The normalized spacial score (nSPS) is 11.9. The van der Waals surface area contributed by atoms with Crippen LogP contribution in [0.5, 0.6) is 11.8 Å². The summed E-state index contributed by atoms with van der Waals surface area (Å²) in [7, 11) is -0.223. The molecule has 0 aliphatic carbocycles. The van der Waals surface area contributed by atoms with Crippen molar-refractivity contribution in [3.8, 4) is 34.4 Å². The summed E-state index contributed by atoms with van der Waals surface area (Å²) >= 11 is 0. The smallest absolute Gasteiger partial charge is 0.297 e. The molecule has 2 aromatic heterocycles. The SMILES string of the molecule is C=C/C=C(\C=C/CC)S(=O)(=O)NCCNc1nccc(-c2c(-c3ccc(OC)cc3)nc(OCC=C)n2C)n1. The summed E-state index contributed by atoms with van der Waals surface area (Å²) in [4.78, 5) is 13.8. The minimum absolute atomic E-state index is 0.132. The van der Waals surface area contributed by atoms with E-state index in [9.17, 15) is 8.42 Å². The molecule has 0 unspecified atom stereocenters. The summed E-state index contributed by atoms with van der Waals surface area (Å²) in [5.74, 6) is 1.08. The van der Waals surface area contributed by atoms with E-state index < -0.39 is 10.0 Å². The largest absolute Gasteiger partial charge is 0.497 e. The molecular weight excluding hydrogens is 516 g/mol. The Morgan fingerprint density at radius 1 is 1.13 bits per heavy atom. The van der Waals surface area contributed by atoms with Gasteiger partial charge in [0.2, 0.25) is 16.0 Å². The highest BCUT2D eigenvalue weighted by Crippen LogP contribution is 2.34. The molecular formula is C28H34N6O4S. The fourth-order valence-electron chi connectivity index (χ4n) is 3.59. The number of methoxy groups -OCH3 is 1. The van der Waals surface area contributed by atoms with E-state index in [0.29, 0.717) is 30.0 Å². The van der Waals surface area contributed by atoms with Crippen molar-refractivity contribution in [3.63, 3.8) is 0 Å². The Bertz CT molecular complexity index is 1440. The summed E-state index contributed by atoms with van der Waals surface area (Å²) in [6.07, 6.45) is 10.2. The maximum atomic E-state index is 12.6. The number of nitrogens with one attached hydrogen (secondary N) is 2. The van der Waals surface area contributed by atoms with Gasteiger partial charge in [0, 0.05) is 31.9 Å². The van der Waals surface area contributed by atoms with Gasteiger partial charge in [-0.15, -0.1) is 0 Å². The number of imidazole rings is 1. The molecule has 0 spiro atoms. The van der Waals surface area contributed by atoms with Gasteiger partial charge in [0.1, 0.15) is 18.1 Å². The van der Waals surface area contributed by atoms with Gasteiger partial charge in [-0.25, -0.2) is 23.1 Å². The second kappa shape index (κ2) is 14.1. The second-order valence-corrected chi connectivity index (χ2v) is 9.95. The molecule has 11 heteroatoms. The molecule has 0 atom stereocenters. The molecule has 3 aromatic rings. The van der Waals surface area contributed by atoms with Crippen LogP contribution in [0.3, 0.4) is 0 Å². The van der Waals surface area contributed by atoms with Crippen molar-refractivity contribution in [1.82, 2.24) is 24.2 Å². The molecule has 0 aliphatic rings. The summed E-state index contributed by atoms with van der Waals surface area (Å²) in [6, 6.07) is 9.75. The van der Waals surface area contributed by atoms with Crippen molar-refractivity contribution in [2.24, 2.45) is 7.05 Å². The number of benzene rings is 1. The topological polar surface area (TPSA) is 120 Å². The highest BCUT2D eigenvalue weighted by atomic mass is 32.2. The zero-order chi connectivity index (χ0) is 28.3. The van der Waals surface area contributed by atoms with Crippen LogP contribution in [0.4, 0.5) is 5.95 Å². The third kappa shape index (κ3) is 7.65. The first-order valence-electron chi connectivity index (χ1n) is 12.4. The number of hydrogen-bond donors (Lipinski definition) is 2. The molecule has 0 saturated carbocycles. The van der Waals surface area contributed by atoms with Crippen LogP contribution in [-0.4, -0.2) is 54.7 Å². The van der Waals surface area contributed by atoms with E-state index in [2.05, 4.69) is 33.2 Å². The van der Waals surface area contributed by atoms with Crippen LogP contribution >= 0.6 is 0 Å². The van der Waals surface area contributed by atoms with E-state index in [1.165, 1.54) is 12.2 Å². The lowest BCUT2D eigenvalue weighted by molar-refractivity contribution is 0.323. The predicted molar refractivity (Wildman–Crippen MR) is 155 cm³/mol. The molecule has 3 rings (SSSR count). The number of allylic oxidation sites excluding steroid dienone is 4. The number of anilines is 1. The molecule has 0 saturated heterocycles. The Morgan fingerprint density at radius 3 is 2.56 bits per heavy atom. The zero-order valence-electron chi connectivity index (χ0n) is 22.4. The van der Waals surface area contributed by atoms with Crippen molar-refractivity contribution in [2.45, 2.75) is 13.3 Å². The molecule has 1 aromatic carbocycles. The number of hydrogen-bond acceptors (Lipinski definition) is 8. The molecule has 2 N–H and O–H groups in total. The summed E-state index contributed by atoms with van der Waals surface area (Å²) in [5, 5.41) is 3.08. The molecule has 39 heavy (non-hydrogen) atoms. The first kappa shape index (κ1) is 29.3. The lowest BCUT2D eigenvalue weighted by Crippen LogP contribution is -2.29. The quantitative estimate of drug-likeness (QED) is 0.161. The van der Waals surface area contributed by atoms with Crippen LogP contribution in [0, 0.1) is 0 Å². The molecule has 0 amide bonds. The average Bonchev–Trinajstić information content (AvgIpc) is 3.28. The van der Waals surface area contributed by atoms with Gasteiger partial charge in [-0.2, -0.15) is 4.98 Å². The Kier molecular flexibility index (Phi) is 10.6. The second-order valence-electron chi connectivity index (χ2n) is 8.18. The Balaban J connectivity index is 1.81. The van der Waals surface area contributed by atoms with E-state index in [0.717, 1.165) is 23.4 Å². The Morgan fingerprint density at radius 2 is 1.90 bits per heavy atom. The number of ether oxygens (including phenoxy) is 2. The third-order valence-corrected chi connectivity index (χ3v) is 6.93. The molecule has 0 aliphatic heterocycles. The van der Waals surface area contributed by atoms with Crippen LogP contribution in [0.2, 0.25) is 0 Å². The van der Waals surface area contributed by atoms with Crippen molar-refractivity contribution < 1.29 is 17.9 Å². The van der Waals surface area contributed by atoms with Crippen molar-refractivity contribution in [3.05, 3.63) is 85.0 Å². The van der Waals surface area contributed by atoms with Gasteiger partial charge >= 0.3 is 0 Å². The highest BCUT2D eigenvalue weighted by molar-refractivity contribution is 7.93. The van der Waals surface area contributed by atoms with Crippen molar-refractivity contribution in [1.29, 1.82) is 0 Å². The van der Waals surface area contributed by atoms with Crippen LogP contribution < -0.4 is 19.5 Å². The van der Waals surface area contributed by atoms with Gasteiger partial charge in [-0.05, 0) is 48.9 Å². The van der Waals surface area contributed by atoms with Gasteiger partial charge in [0.15, 0.2) is 0 Å². The fourth-order valence-corrected chi connectivity index (χ4v) is 4.68. The average molecular weight is 551 g/mol. The maximum Gasteiger partial charge on any atom is 0.297 e. The fraction of sp³-hybridized carbons (Fsp3) is 0.250. The Labute approximate surface area is 229 Å². The number of rotatable bonds is 15. The summed E-state index contributed by atoms with van der Waals surface area (Å²) < 4.78 is 40.7. The standard InChI is InChI=1S/C28H34N6O4S/c1-6-9-11-23(10-7-2)39(35,36)31-19-18-30-27-29-17-16-24(32-27)26-25(21-12-14-22(37-5)15-13-21)33-28(34(26)4)38-20-8-3/h7-17,31H,2-3,6,18-20H2,1,4-5H3,(H,29,30,32)/b11-9-,23-10+. The lowest BCUT2D eigenvalue weighted by Gasteiger charge is -2.11. The van der Waals surface area contributed by atoms with Crippen LogP contribution in [0.25, 0.3) is 22.6 Å². The highest BCUT2D eigenvalue weighted by Gasteiger charge is 2.21. The minimum Gasteiger partial charge on any atom is -0.497 e. The van der Waals surface area contributed by atoms with E-state index in [-0.39, 0.29) is 18.0 Å². The molecule has 0 fully saturated rings. The molecule has 206 valence electrons. The van der Waals surface area contributed by atoms with E-state index in [4.69, 9.17) is 14.5 Å². The van der Waals surface area contributed by atoms with Gasteiger partial charge in [0.05, 0.1) is 23.4 Å². The van der Waals surface area contributed by atoms with Gasteiger partial charge in [-0.3, -0.25) is 4.57 Å². The summed E-state index contributed by atoms with van der Waals surface area (Å²) in [6.45, 7) is 9.93. The predicted octanol–water partition coefficient (Wildman–Crippen LogP) is 4.48. The number of nitrogens with zero attached hydrogens (tertiary/aromatic N) is 4. The molecule has 0 bridgehead atoms. The van der Waals surface area contributed by atoms with E-state index in [1.807, 2.05) is 42.8 Å². The molecule has 0 radical (unpaired) electrons. The number of aromatic nitrogens is 4. The minimum atomic E-state index is -3.68. The van der Waals surface area contributed by atoms with Crippen LogP contribution in [0.15, 0.2) is 85.0 Å². The van der Waals surface area contributed by atoms with Gasteiger partial charge < -0.3 is 14.8 Å². The lowest BCUT2D eigenvalue weighted by atomic mass is 10.1. The summed E-state index contributed by atoms with van der Waals surface area (Å²) in [5.41, 5.74) is 2.88. The first-order chi connectivity index (χ1) is 18.8. The van der Waals surface area contributed by atoms with Crippen molar-refractivity contribution in [2.75, 3.05) is 32.1 Å². The van der Waals surface area contributed by atoms with Gasteiger partial charge in [0.25, 0.3) is 6.01 Å².